The van der Waals surface area contributed by atoms with Crippen LogP contribution in [0.1, 0.15) is 50.6 Å². The third-order valence-corrected chi connectivity index (χ3v) is 4.37. The Morgan fingerprint density at radius 1 is 1.43 bits per heavy atom. The van der Waals surface area contributed by atoms with Crippen molar-refractivity contribution in [3.63, 3.8) is 0 Å². The van der Waals surface area contributed by atoms with E-state index in [0.717, 1.165) is 31.2 Å². The molecule has 1 amide bonds. The van der Waals surface area contributed by atoms with E-state index in [0.29, 0.717) is 6.42 Å². The van der Waals surface area contributed by atoms with Gasteiger partial charge in [0.2, 0.25) is 5.91 Å². The highest BCUT2D eigenvalue weighted by Gasteiger charge is 2.24. The minimum absolute atomic E-state index is 0. The van der Waals surface area contributed by atoms with Gasteiger partial charge in [0.1, 0.15) is 0 Å². The molecule has 2 rings (SSSR count). The minimum atomic E-state index is -0.431. The van der Waals surface area contributed by atoms with Gasteiger partial charge in [-0.15, -0.1) is 12.4 Å². The number of nitrogens with one attached hydrogen (secondary N) is 1. The van der Waals surface area contributed by atoms with Crippen LogP contribution in [0.5, 0.6) is 0 Å². The second-order valence-corrected chi connectivity index (χ2v) is 6.05. The van der Waals surface area contributed by atoms with Crippen molar-refractivity contribution in [2.75, 3.05) is 0 Å². The molecule has 1 aromatic rings. The number of carbonyl (C=O) groups excluding carboxylic acids is 1. The number of carbonyl (C=O) groups is 1. The fraction of sp³-hybridized carbons (Fsp3) is 0.562. The second-order valence-electron chi connectivity index (χ2n) is 6.05. The van der Waals surface area contributed by atoms with Gasteiger partial charge in [-0.05, 0) is 31.2 Å². The molecule has 1 saturated carbocycles. The Morgan fingerprint density at radius 3 is 2.78 bits per heavy atom. The molecule has 1 aromatic carbocycles. The normalized spacial score (nSPS) is 21.8. The van der Waals surface area contributed by atoms with E-state index in [1.54, 1.807) is 12.1 Å². The summed E-state index contributed by atoms with van der Waals surface area (Å²) >= 11 is 0. The van der Waals surface area contributed by atoms with Gasteiger partial charge in [-0.25, -0.2) is 0 Å². The molecule has 7 heteroatoms. The van der Waals surface area contributed by atoms with Crippen LogP contribution < -0.4 is 11.1 Å². The number of non-ortho nitro benzene ring substituents is 1. The summed E-state index contributed by atoms with van der Waals surface area (Å²) in [6.45, 7) is 1.83. The van der Waals surface area contributed by atoms with Gasteiger partial charge in [0, 0.05) is 24.6 Å². The van der Waals surface area contributed by atoms with Crippen LogP contribution in [0.2, 0.25) is 0 Å². The molecule has 0 radical (unpaired) electrons. The summed E-state index contributed by atoms with van der Waals surface area (Å²) in [5, 5.41) is 13.7. The zero-order valence-corrected chi connectivity index (χ0v) is 14.1. The Labute approximate surface area is 142 Å². The number of rotatable bonds is 5. The minimum Gasteiger partial charge on any atom is -0.350 e. The first-order chi connectivity index (χ1) is 10.5. The maximum absolute atomic E-state index is 12.2. The monoisotopic (exact) mass is 341 g/mol. The number of hydrogen-bond acceptors (Lipinski definition) is 4. The van der Waals surface area contributed by atoms with E-state index in [1.807, 2.05) is 6.92 Å². The lowest BCUT2D eigenvalue weighted by molar-refractivity contribution is -0.384. The molecule has 1 fully saturated rings. The van der Waals surface area contributed by atoms with Crippen LogP contribution in [0.4, 0.5) is 5.69 Å². The first-order valence-electron chi connectivity index (χ1n) is 7.76. The van der Waals surface area contributed by atoms with E-state index in [2.05, 4.69) is 5.32 Å². The highest BCUT2D eigenvalue weighted by molar-refractivity contribution is 5.85. The Morgan fingerprint density at radius 2 is 2.13 bits per heavy atom. The molecule has 6 nitrogen and oxygen atoms in total. The second kappa shape index (κ2) is 8.84. The molecule has 0 aromatic heterocycles. The first kappa shape index (κ1) is 19.4. The number of nitro groups is 1. The van der Waals surface area contributed by atoms with Gasteiger partial charge in [-0.1, -0.05) is 25.0 Å². The summed E-state index contributed by atoms with van der Waals surface area (Å²) in [5.74, 6) is 0.201. The van der Waals surface area contributed by atoms with Crippen molar-refractivity contribution >= 4 is 24.0 Å². The molecule has 0 heterocycles. The molecule has 23 heavy (non-hydrogen) atoms. The summed E-state index contributed by atoms with van der Waals surface area (Å²) in [5.41, 5.74) is 6.83. The van der Waals surface area contributed by atoms with Gasteiger partial charge in [-0.3, -0.25) is 14.9 Å². The van der Waals surface area contributed by atoms with Crippen molar-refractivity contribution in [3.8, 4) is 0 Å². The van der Waals surface area contributed by atoms with Crippen LogP contribution in [0.15, 0.2) is 24.3 Å². The van der Waals surface area contributed by atoms with Gasteiger partial charge >= 0.3 is 0 Å². The van der Waals surface area contributed by atoms with Gasteiger partial charge in [0.25, 0.3) is 5.69 Å². The van der Waals surface area contributed by atoms with Gasteiger partial charge in [-0.2, -0.15) is 0 Å². The largest absolute Gasteiger partial charge is 0.350 e. The van der Waals surface area contributed by atoms with Crippen molar-refractivity contribution in [1.29, 1.82) is 0 Å². The molecule has 1 aliphatic carbocycles. The van der Waals surface area contributed by atoms with Gasteiger partial charge < -0.3 is 11.1 Å². The molecule has 0 saturated heterocycles. The molecule has 3 atom stereocenters. The highest BCUT2D eigenvalue weighted by atomic mass is 35.5. The van der Waals surface area contributed by atoms with Crippen molar-refractivity contribution in [2.45, 2.75) is 51.1 Å². The number of hydrogen-bond donors (Lipinski definition) is 2. The van der Waals surface area contributed by atoms with Crippen LogP contribution in [0.3, 0.4) is 0 Å². The van der Waals surface area contributed by atoms with Crippen LogP contribution in [-0.2, 0) is 4.79 Å². The van der Waals surface area contributed by atoms with Crippen LogP contribution in [-0.4, -0.2) is 16.9 Å². The predicted molar refractivity (Wildman–Crippen MR) is 91.5 cm³/mol. The van der Waals surface area contributed by atoms with E-state index in [1.165, 1.54) is 12.1 Å². The summed E-state index contributed by atoms with van der Waals surface area (Å²) in [7, 11) is 0. The molecule has 3 unspecified atom stereocenters. The number of nitrogens with zero attached hydrogens (tertiary/aromatic N) is 1. The molecule has 0 bridgehead atoms. The number of nitro benzene ring substituents is 1. The fourth-order valence-electron chi connectivity index (χ4n) is 3.02. The molecular weight excluding hydrogens is 318 g/mol. The van der Waals surface area contributed by atoms with Crippen molar-refractivity contribution in [2.24, 2.45) is 11.7 Å². The van der Waals surface area contributed by atoms with E-state index >= 15 is 0 Å². The first-order valence-corrected chi connectivity index (χ1v) is 7.76. The number of benzene rings is 1. The van der Waals surface area contributed by atoms with E-state index in [-0.39, 0.29) is 42.0 Å². The third-order valence-electron chi connectivity index (χ3n) is 4.37. The van der Waals surface area contributed by atoms with Gasteiger partial charge in [0.15, 0.2) is 0 Å². The predicted octanol–water partition coefficient (Wildman–Crippen LogP) is 3.10. The number of amides is 1. The lowest BCUT2D eigenvalue weighted by Gasteiger charge is -2.28. The smallest absolute Gasteiger partial charge is 0.269 e. The summed E-state index contributed by atoms with van der Waals surface area (Å²) < 4.78 is 0. The molecule has 1 aliphatic rings. The summed E-state index contributed by atoms with van der Waals surface area (Å²) in [4.78, 5) is 22.5. The maximum Gasteiger partial charge on any atom is 0.269 e. The van der Waals surface area contributed by atoms with E-state index in [9.17, 15) is 14.9 Å². The average Bonchev–Trinajstić information content (AvgIpc) is 2.49. The third kappa shape index (κ3) is 5.48. The van der Waals surface area contributed by atoms with Crippen LogP contribution >= 0.6 is 12.4 Å². The Balaban J connectivity index is 0.00000264. The molecule has 3 N–H and O–H groups in total. The zero-order chi connectivity index (χ0) is 16.1. The standard InChI is InChI=1S/C16H23N3O3.ClH/c1-11(12-6-4-7-14(9-12)19(21)22)18-16(20)10-13-5-2-3-8-15(13)17;/h4,6-7,9,11,13,15H,2-3,5,8,10,17H2,1H3,(H,18,20);1H. The molecule has 0 aliphatic heterocycles. The summed E-state index contributed by atoms with van der Waals surface area (Å²) in [6, 6.07) is 6.20. The van der Waals surface area contributed by atoms with Crippen molar-refractivity contribution in [1.82, 2.24) is 5.32 Å². The highest BCUT2D eigenvalue weighted by Crippen LogP contribution is 2.26. The topological polar surface area (TPSA) is 98.3 Å². The number of nitrogens with two attached hydrogens (primary N) is 1. The van der Waals surface area contributed by atoms with Gasteiger partial charge in [0.05, 0.1) is 11.0 Å². The average molecular weight is 342 g/mol. The molecule has 128 valence electrons. The SMILES string of the molecule is CC(NC(=O)CC1CCCCC1N)c1cccc([N+](=O)[O-])c1.Cl. The van der Waals surface area contributed by atoms with Crippen molar-refractivity contribution in [3.05, 3.63) is 39.9 Å². The maximum atomic E-state index is 12.2. The van der Waals surface area contributed by atoms with Crippen molar-refractivity contribution < 1.29 is 9.72 Å². The molecule has 0 spiro atoms. The van der Waals surface area contributed by atoms with Crippen LogP contribution in [0, 0.1) is 16.0 Å². The van der Waals surface area contributed by atoms with E-state index < -0.39 is 4.92 Å². The quantitative estimate of drug-likeness (QED) is 0.635. The Bertz CT molecular complexity index is 553. The van der Waals surface area contributed by atoms with Crippen LogP contribution in [0.25, 0.3) is 0 Å². The zero-order valence-electron chi connectivity index (χ0n) is 13.2. The fourth-order valence-corrected chi connectivity index (χ4v) is 3.02. The lowest BCUT2D eigenvalue weighted by Crippen LogP contribution is -2.37. The summed E-state index contributed by atoms with van der Waals surface area (Å²) in [6.07, 6.45) is 4.69. The molecular formula is C16H24ClN3O3. The Kier molecular flexibility index (Phi) is 7.45. The number of halogens is 1. The van der Waals surface area contributed by atoms with E-state index in [4.69, 9.17) is 5.73 Å². The lowest BCUT2D eigenvalue weighted by atomic mass is 9.83. The Hall–Kier alpha value is -1.66.